The van der Waals surface area contributed by atoms with E-state index in [0.717, 1.165) is 18.3 Å². The Kier molecular flexibility index (Phi) is 3.30. The van der Waals surface area contributed by atoms with Crippen molar-refractivity contribution in [3.05, 3.63) is 34.9 Å². The van der Waals surface area contributed by atoms with Crippen LogP contribution in [0.4, 0.5) is 0 Å². The minimum Gasteiger partial charge on any atom is -0.303 e. The highest BCUT2D eigenvalue weighted by atomic mass is 35.5. The Balaban J connectivity index is 2.93. The molecule has 12 heavy (non-hydrogen) atoms. The van der Waals surface area contributed by atoms with Crippen LogP contribution in [-0.4, -0.2) is 6.29 Å². The highest BCUT2D eigenvalue weighted by Crippen LogP contribution is 2.20. The first-order valence-corrected chi connectivity index (χ1v) is 4.36. The van der Waals surface area contributed by atoms with Crippen molar-refractivity contribution in [3.8, 4) is 0 Å². The summed E-state index contributed by atoms with van der Waals surface area (Å²) >= 11 is 5.79. The second-order valence-electron chi connectivity index (χ2n) is 2.71. The molecule has 1 atom stereocenters. The van der Waals surface area contributed by atoms with Crippen molar-refractivity contribution in [1.82, 2.24) is 0 Å². The largest absolute Gasteiger partial charge is 0.303 e. The molecular weight excluding hydrogens is 172 g/mol. The maximum atomic E-state index is 10.6. The van der Waals surface area contributed by atoms with Gasteiger partial charge in [0.2, 0.25) is 0 Å². The van der Waals surface area contributed by atoms with Gasteiger partial charge >= 0.3 is 0 Å². The zero-order chi connectivity index (χ0) is 8.97. The van der Waals surface area contributed by atoms with Gasteiger partial charge in [-0.2, -0.15) is 0 Å². The van der Waals surface area contributed by atoms with Crippen LogP contribution >= 0.6 is 11.6 Å². The van der Waals surface area contributed by atoms with Gasteiger partial charge in [0.15, 0.2) is 0 Å². The van der Waals surface area contributed by atoms with Gasteiger partial charge in [-0.05, 0) is 24.1 Å². The smallest absolute Gasteiger partial charge is 0.127 e. The molecule has 1 nitrogen and oxygen atoms in total. The highest BCUT2D eigenvalue weighted by Gasteiger charge is 2.06. The van der Waals surface area contributed by atoms with Crippen molar-refractivity contribution in [2.45, 2.75) is 19.3 Å². The summed E-state index contributed by atoms with van der Waals surface area (Å²) < 4.78 is 0. The summed E-state index contributed by atoms with van der Waals surface area (Å²) in [7, 11) is 0. The highest BCUT2D eigenvalue weighted by molar-refractivity contribution is 6.30. The van der Waals surface area contributed by atoms with E-state index in [1.165, 1.54) is 0 Å². The average molecular weight is 183 g/mol. The first kappa shape index (κ1) is 9.27. The summed E-state index contributed by atoms with van der Waals surface area (Å²) in [5.41, 5.74) is 1.00. The standard InChI is InChI=1S/C10H11ClO/c1-2-8(7-12)9-4-3-5-10(11)6-9/h3-8H,2H2,1H3. The van der Waals surface area contributed by atoms with Crippen molar-refractivity contribution in [2.75, 3.05) is 0 Å². The Morgan fingerprint density at radius 2 is 2.33 bits per heavy atom. The zero-order valence-corrected chi connectivity index (χ0v) is 7.71. The van der Waals surface area contributed by atoms with E-state index < -0.39 is 0 Å². The minimum absolute atomic E-state index is 0.0105. The van der Waals surface area contributed by atoms with Crippen molar-refractivity contribution < 1.29 is 4.79 Å². The molecule has 0 aromatic heterocycles. The molecule has 0 fully saturated rings. The van der Waals surface area contributed by atoms with Gasteiger partial charge in [0, 0.05) is 10.9 Å². The van der Waals surface area contributed by atoms with E-state index >= 15 is 0 Å². The number of hydrogen-bond acceptors (Lipinski definition) is 1. The normalized spacial score (nSPS) is 12.5. The molecule has 2 heteroatoms. The molecule has 0 aliphatic rings. The lowest BCUT2D eigenvalue weighted by Gasteiger charge is -2.06. The zero-order valence-electron chi connectivity index (χ0n) is 6.96. The van der Waals surface area contributed by atoms with Gasteiger partial charge < -0.3 is 4.79 Å². The monoisotopic (exact) mass is 182 g/mol. The van der Waals surface area contributed by atoms with Gasteiger partial charge in [-0.3, -0.25) is 0 Å². The predicted octanol–water partition coefficient (Wildman–Crippen LogP) is 3.03. The lowest BCUT2D eigenvalue weighted by molar-refractivity contribution is -0.109. The summed E-state index contributed by atoms with van der Waals surface area (Å²) in [6, 6.07) is 7.44. The Morgan fingerprint density at radius 3 is 2.83 bits per heavy atom. The Hall–Kier alpha value is -0.820. The van der Waals surface area contributed by atoms with Crippen LogP contribution in [0, 0.1) is 0 Å². The summed E-state index contributed by atoms with van der Waals surface area (Å²) in [6.45, 7) is 1.99. The van der Waals surface area contributed by atoms with Gasteiger partial charge in [0.05, 0.1) is 0 Å². The molecule has 0 saturated heterocycles. The fourth-order valence-corrected chi connectivity index (χ4v) is 1.35. The van der Waals surface area contributed by atoms with E-state index in [0.29, 0.717) is 5.02 Å². The van der Waals surface area contributed by atoms with Crippen molar-refractivity contribution in [2.24, 2.45) is 0 Å². The van der Waals surface area contributed by atoms with Crippen LogP contribution in [0.25, 0.3) is 0 Å². The van der Waals surface area contributed by atoms with Gasteiger partial charge in [0.1, 0.15) is 6.29 Å². The maximum Gasteiger partial charge on any atom is 0.127 e. The summed E-state index contributed by atoms with van der Waals surface area (Å²) in [4.78, 5) is 10.6. The third-order valence-corrected chi connectivity index (χ3v) is 2.12. The molecule has 64 valence electrons. The minimum atomic E-state index is -0.0105. The summed E-state index contributed by atoms with van der Waals surface area (Å²) in [5.74, 6) is -0.0105. The molecule has 1 aromatic rings. The molecule has 0 heterocycles. The molecule has 0 saturated carbocycles. The van der Waals surface area contributed by atoms with Crippen LogP contribution in [0.1, 0.15) is 24.8 Å². The van der Waals surface area contributed by atoms with E-state index in [1.807, 2.05) is 31.2 Å². The second kappa shape index (κ2) is 4.27. The molecule has 0 N–H and O–H groups in total. The van der Waals surface area contributed by atoms with Gasteiger partial charge in [-0.1, -0.05) is 30.7 Å². The third kappa shape index (κ3) is 2.08. The molecule has 1 unspecified atom stereocenters. The van der Waals surface area contributed by atoms with Crippen LogP contribution in [0.3, 0.4) is 0 Å². The van der Waals surface area contributed by atoms with Crippen LogP contribution < -0.4 is 0 Å². The van der Waals surface area contributed by atoms with E-state index in [1.54, 1.807) is 0 Å². The number of hydrogen-bond donors (Lipinski definition) is 0. The molecule has 1 rings (SSSR count). The molecule has 0 radical (unpaired) electrons. The fourth-order valence-electron chi connectivity index (χ4n) is 1.15. The Bertz CT molecular complexity index is 270. The van der Waals surface area contributed by atoms with E-state index in [-0.39, 0.29) is 5.92 Å². The average Bonchev–Trinajstić information content (AvgIpc) is 2.07. The Morgan fingerprint density at radius 1 is 1.58 bits per heavy atom. The number of carbonyl (C=O) groups is 1. The lowest BCUT2D eigenvalue weighted by atomic mass is 9.98. The van der Waals surface area contributed by atoms with Gasteiger partial charge in [0.25, 0.3) is 0 Å². The van der Waals surface area contributed by atoms with Gasteiger partial charge in [-0.25, -0.2) is 0 Å². The van der Waals surface area contributed by atoms with Crippen LogP contribution in [0.5, 0.6) is 0 Å². The topological polar surface area (TPSA) is 17.1 Å². The number of benzene rings is 1. The second-order valence-corrected chi connectivity index (χ2v) is 3.14. The summed E-state index contributed by atoms with van der Waals surface area (Å²) in [6.07, 6.45) is 1.79. The number of halogens is 1. The van der Waals surface area contributed by atoms with Gasteiger partial charge in [-0.15, -0.1) is 0 Å². The van der Waals surface area contributed by atoms with Crippen LogP contribution in [-0.2, 0) is 4.79 Å². The number of aldehydes is 1. The lowest BCUT2D eigenvalue weighted by Crippen LogP contribution is -1.97. The first-order valence-electron chi connectivity index (χ1n) is 3.98. The number of carbonyl (C=O) groups excluding carboxylic acids is 1. The van der Waals surface area contributed by atoms with E-state index in [2.05, 4.69) is 0 Å². The van der Waals surface area contributed by atoms with Crippen LogP contribution in [0.2, 0.25) is 5.02 Å². The molecule has 1 aromatic carbocycles. The summed E-state index contributed by atoms with van der Waals surface area (Å²) in [5, 5.41) is 0.688. The third-order valence-electron chi connectivity index (χ3n) is 1.88. The van der Waals surface area contributed by atoms with Crippen molar-refractivity contribution in [1.29, 1.82) is 0 Å². The Labute approximate surface area is 77.4 Å². The molecule has 0 bridgehead atoms. The molecular formula is C10H11ClO. The maximum absolute atomic E-state index is 10.6. The van der Waals surface area contributed by atoms with Crippen molar-refractivity contribution in [3.63, 3.8) is 0 Å². The SMILES string of the molecule is CCC(C=O)c1cccc(Cl)c1. The van der Waals surface area contributed by atoms with Crippen molar-refractivity contribution >= 4 is 17.9 Å². The predicted molar refractivity (Wildman–Crippen MR) is 50.5 cm³/mol. The first-order chi connectivity index (χ1) is 5.77. The van der Waals surface area contributed by atoms with E-state index in [4.69, 9.17) is 11.6 Å². The molecule has 0 amide bonds. The quantitative estimate of drug-likeness (QED) is 0.657. The molecule has 0 spiro atoms. The molecule has 0 aliphatic carbocycles. The molecule has 0 aliphatic heterocycles. The number of rotatable bonds is 3. The fraction of sp³-hybridized carbons (Fsp3) is 0.300. The van der Waals surface area contributed by atoms with E-state index in [9.17, 15) is 4.79 Å². The van der Waals surface area contributed by atoms with Crippen LogP contribution in [0.15, 0.2) is 24.3 Å².